The number of aryl methyl sites for hydroxylation is 1. The zero-order chi connectivity index (χ0) is 21.9. The fourth-order valence-corrected chi connectivity index (χ4v) is 3.28. The van der Waals surface area contributed by atoms with Gasteiger partial charge in [0, 0.05) is 21.1 Å². The molecule has 9 heteroatoms. The highest BCUT2D eigenvalue weighted by atomic mass is 79.9. The van der Waals surface area contributed by atoms with Crippen molar-refractivity contribution in [3.63, 3.8) is 0 Å². The standard InChI is InChI=1S/C20H19BrClF3N2O2/c1-10-4-5-13(8-17(10)20(23,24)25)26-19(29)27-18(12(3)22)16-9-14(28)6-7-15(16)11(2)21/h4-9,11,28H,1-3H3,(H2,26,27,29)/b18-12-. The van der Waals surface area contributed by atoms with Crippen LogP contribution in [-0.4, -0.2) is 11.1 Å². The molecule has 4 nitrogen and oxygen atoms in total. The molecule has 0 heterocycles. The number of anilines is 1. The molecule has 0 aliphatic carbocycles. The van der Waals surface area contributed by atoms with Crippen LogP contribution in [0.15, 0.2) is 41.4 Å². The van der Waals surface area contributed by atoms with Crippen molar-refractivity contribution in [3.8, 4) is 5.75 Å². The van der Waals surface area contributed by atoms with Crippen molar-refractivity contribution in [1.82, 2.24) is 5.32 Å². The topological polar surface area (TPSA) is 61.4 Å². The third-order valence-electron chi connectivity index (χ3n) is 4.12. The number of carbonyl (C=O) groups is 1. The first-order chi connectivity index (χ1) is 13.4. The lowest BCUT2D eigenvalue weighted by Crippen LogP contribution is -2.28. The van der Waals surface area contributed by atoms with Crippen LogP contribution in [0.5, 0.6) is 5.75 Å². The van der Waals surface area contributed by atoms with Gasteiger partial charge in [-0.2, -0.15) is 13.2 Å². The van der Waals surface area contributed by atoms with Crippen LogP contribution in [0.1, 0.15) is 40.9 Å². The molecule has 0 saturated heterocycles. The summed E-state index contributed by atoms with van der Waals surface area (Å²) in [4.78, 5) is 12.3. The highest BCUT2D eigenvalue weighted by Crippen LogP contribution is 2.35. The molecule has 1 atom stereocenters. The van der Waals surface area contributed by atoms with E-state index in [-0.39, 0.29) is 32.6 Å². The summed E-state index contributed by atoms with van der Waals surface area (Å²) >= 11 is 9.60. The summed E-state index contributed by atoms with van der Waals surface area (Å²) in [6, 6.07) is 7.38. The minimum atomic E-state index is -4.53. The van der Waals surface area contributed by atoms with Crippen molar-refractivity contribution in [2.24, 2.45) is 0 Å². The molecule has 0 saturated carbocycles. The maximum absolute atomic E-state index is 13.1. The molecule has 2 aromatic carbocycles. The van der Waals surface area contributed by atoms with Gasteiger partial charge in [0.15, 0.2) is 0 Å². The molecule has 29 heavy (non-hydrogen) atoms. The van der Waals surface area contributed by atoms with Crippen LogP contribution >= 0.6 is 27.5 Å². The van der Waals surface area contributed by atoms with Crippen molar-refractivity contribution < 1.29 is 23.1 Å². The van der Waals surface area contributed by atoms with Crippen LogP contribution in [0.3, 0.4) is 0 Å². The van der Waals surface area contributed by atoms with Gasteiger partial charge in [-0.1, -0.05) is 39.7 Å². The first kappa shape index (κ1) is 23.1. The summed E-state index contributed by atoms with van der Waals surface area (Å²) in [5.74, 6) is -0.0251. The smallest absolute Gasteiger partial charge is 0.416 e. The number of nitrogens with one attached hydrogen (secondary N) is 2. The van der Waals surface area contributed by atoms with Crippen molar-refractivity contribution in [2.75, 3.05) is 5.32 Å². The first-order valence-corrected chi connectivity index (χ1v) is 9.79. The summed E-state index contributed by atoms with van der Waals surface area (Å²) in [6.45, 7) is 4.76. The monoisotopic (exact) mass is 490 g/mol. The van der Waals surface area contributed by atoms with E-state index in [0.29, 0.717) is 5.56 Å². The highest BCUT2D eigenvalue weighted by molar-refractivity contribution is 9.09. The van der Waals surface area contributed by atoms with Gasteiger partial charge in [0.2, 0.25) is 0 Å². The van der Waals surface area contributed by atoms with Gasteiger partial charge in [-0.25, -0.2) is 4.79 Å². The molecule has 1 unspecified atom stereocenters. The van der Waals surface area contributed by atoms with Gasteiger partial charge in [0.05, 0.1) is 11.3 Å². The highest BCUT2D eigenvalue weighted by Gasteiger charge is 2.32. The summed E-state index contributed by atoms with van der Waals surface area (Å²) in [5, 5.41) is 15.0. The van der Waals surface area contributed by atoms with Gasteiger partial charge >= 0.3 is 12.2 Å². The van der Waals surface area contributed by atoms with E-state index in [9.17, 15) is 23.1 Å². The number of urea groups is 1. The number of alkyl halides is 4. The number of halogens is 5. The number of allylic oxidation sites excluding steroid dienone is 1. The van der Waals surface area contributed by atoms with E-state index in [1.165, 1.54) is 31.2 Å². The number of amides is 2. The van der Waals surface area contributed by atoms with Crippen molar-refractivity contribution in [1.29, 1.82) is 0 Å². The Bertz CT molecular complexity index is 955. The maximum Gasteiger partial charge on any atom is 0.416 e. The number of rotatable bonds is 4. The Morgan fingerprint density at radius 2 is 1.86 bits per heavy atom. The number of hydrogen-bond donors (Lipinski definition) is 3. The lowest BCUT2D eigenvalue weighted by molar-refractivity contribution is -0.138. The predicted molar refractivity (Wildman–Crippen MR) is 112 cm³/mol. The fourth-order valence-electron chi connectivity index (χ4n) is 2.73. The number of hydrogen-bond acceptors (Lipinski definition) is 2. The van der Waals surface area contributed by atoms with E-state index in [4.69, 9.17) is 11.6 Å². The van der Waals surface area contributed by atoms with Crippen LogP contribution in [0.2, 0.25) is 0 Å². The lowest BCUT2D eigenvalue weighted by Gasteiger charge is -2.18. The van der Waals surface area contributed by atoms with E-state index in [1.807, 2.05) is 6.92 Å². The van der Waals surface area contributed by atoms with Crippen LogP contribution in [0, 0.1) is 6.92 Å². The summed E-state index contributed by atoms with van der Waals surface area (Å²) in [6.07, 6.45) is -4.53. The fraction of sp³-hybridized carbons (Fsp3) is 0.250. The molecular weight excluding hydrogens is 473 g/mol. The summed E-state index contributed by atoms with van der Waals surface area (Å²) in [5.41, 5.74) is 0.672. The SMILES string of the molecule is C/C(Cl)=C(/NC(=O)Nc1ccc(C)c(C(F)(F)F)c1)c1cc(O)ccc1C(C)Br. The van der Waals surface area contributed by atoms with Crippen molar-refractivity contribution >= 4 is 44.9 Å². The molecule has 0 fully saturated rings. The number of phenols is 1. The number of carbonyl (C=O) groups excluding carboxylic acids is 1. The van der Waals surface area contributed by atoms with Crippen molar-refractivity contribution in [2.45, 2.75) is 31.8 Å². The molecule has 0 bridgehead atoms. The van der Waals surface area contributed by atoms with Gasteiger partial charge in [-0.05, 0) is 56.2 Å². The molecule has 2 aromatic rings. The molecule has 2 amide bonds. The maximum atomic E-state index is 13.1. The van der Waals surface area contributed by atoms with Gasteiger partial charge in [-0.15, -0.1) is 0 Å². The normalized spacial score (nSPS) is 13.5. The van der Waals surface area contributed by atoms with E-state index < -0.39 is 17.8 Å². The Balaban J connectivity index is 2.32. The predicted octanol–water partition coefficient (Wildman–Crippen LogP) is 6.92. The third-order valence-corrected chi connectivity index (χ3v) is 4.80. The molecule has 156 valence electrons. The third kappa shape index (κ3) is 5.90. The average molecular weight is 492 g/mol. The van der Waals surface area contributed by atoms with Crippen LogP contribution < -0.4 is 10.6 Å². The molecule has 0 aliphatic rings. The van der Waals surface area contributed by atoms with E-state index in [0.717, 1.165) is 11.6 Å². The Kier molecular flexibility index (Phi) is 7.24. The number of aromatic hydroxyl groups is 1. The molecule has 0 radical (unpaired) electrons. The molecule has 2 rings (SSSR count). The minimum Gasteiger partial charge on any atom is -0.508 e. The van der Waals surface area contributed by atoms with Crippen LogP contribution in [0.25, 0.3) is 5.70 Å². The summed E-state index contributed by atoms with van der Waals surface area (Å²) in [7, 11) is 0. The Morgan fingerprint density at radius 3 is 2.41 bits per heavy atom. The quantitative estimate of drug-likeness (QED) is 0.406. The van der Waals surface area contributed by atoms with Crippen molar-refractivity contribution in [3.05, 3.63) is 63.7 Å². The number of phenolic OH excluding ortho intramolecular Hbond substituents is 1. The molecule has 0 spiro atoms. The second-order valence-corrected chi connectivity index (χ2v) is 8.34. The molecule has 0 aliphatic heterocycles. The van der Waals surface area contributed by atoms with Gasteiger partial charge in [0.1, 0.15) is 5.75 Å². The second-order valence-electron chi connectivity index (χ2n) is 6.40. The Morgan fingerprint density at radius 1 is 1.21 bits per heavy atom. The molecule has 3 N–H and O–H groups in total. The number of benzene rings is 2. The Labute approximate surface area is 179 Å². The molecule has 0 aromatic heterocycles. The minimum absolute atomic E-state index is 0.0167. The van der Waals surface area contributed by atoms with Crippen LogP contribution in [0.4, 0.5) is 23.7 Å². The Hall–Kier alpha value is -2.19. The van der Waals surface area contributed by atoms with E-state index in [2.05, 4.69) is 26.6 Å². The van der Waals surface area contributed by atoms with Gasteiger partial charge in [-0.3, -0.25) is 0 Å². The lowest BCUT2D eigenvalue weighted by atomic mass is 10.0. The zero-order valence-corrected chi connectivity index (χ0v) is 18.1. The van der Waals surface area contributed by atoms with E-state index in [1.54, 1.807) is 13.0 Å². The molecular formula is C20H19BrClF3N2O2. The largest absolute Gasteiger partial charge is 0.508 e. The van der Waals surface area contributed by atoms with Gasteiger partial charge < -0.3 is 15.7 Å². The van der Waals surface area contributed by atoms with Crippen LogP contribution in [-0.2, 0) is 6.18 Å². The van der Waals surface area contributed by atoms with Gasteiger partial charge in [0.25, 0.3) is 0 Å². The zero-order valence-electron chi connectivity index (χ0n) is 15.8. The second kappa shape index (κ2) is 9.09. The average Bonchev–Trinajstić information content (AvgIpc) is 2.59. The first-order valence-electron chi connectivity index (χ1n) is 8.49. The van der Waals surface area contributed by atoms with E-state index >= 15 is 0 Å². The summed E-state index contributed by atoms with van der Waals surface area (Å²) < 4.78 is 39.2.